The van der Waals surface area contributed by atoms with Crippen molar-refractivity contribution in [3.63, 3.8) is 0 Å². The zero-order chi connectivity index (χ0) is 21.0. The Labute approximate surface area is 177 Å². The van der Waals surface area contributed by atoms with E-state index in [4.69, 9.17) is 16.6 Å². The first-order chi connectivity index (χ1) is 14.4. The number of urea groups is 1. The van der Waals surface area contributed by atoms with E-state index < -0.39 is 12.2 Å². The van der Waals surface area contributed by atoms with Crippen LogP contribution in [0.1, 0.15) is 5.56 Å². The quantitative estimate of drug-likeness (QED) is 0.755. The van der Waals surface area contributed by atoms with Gasteiger partial charge in [-0.25, -0.2) is 14.2 Å². The Morgan fingerprint density at radius 1 is 1.13 bits per heavy atom. The molecule has 0 aliphatic carbocycles. The molecule has 30 heavy (non-hydrogen) atoms. The summed E-state index contributed by atoms with van der Waals surface area (Å²) in [5, 5.41) is 0.552. The summed E-state index contributed by atoms with van der Waals surface area (Å²) in [6.07, 6.45) is -0.584. The first kappa shape index (κ1) is 18.9. The molecule has 5 rings (SSSR count). The van der Waals surface area contributed by atoms with Crippen LogP contribution in [0.2, 0.25) is 5.02 Å². The van der Waals surface area contributed by atoms with Crippen molar-refractivity contribution in [2.24, 2.45) is 4.99 Å². The van der Waals surface area contributed by atoms with Crippen LogP contribution in [0.5, 0.6) is 0 Å². The van der Waals surface area contributed by atoms with E-state index in [1.165, 1.54) is 21.9 Å². The van der Waals surface area contributed by atoms with Gasteiger partial charge in [-0.1, -0.05) is 23.7 Å². The van der Waals surface area contributed by atoms with E-state index in [-0.39, 0.29) is 24.3 Å². The lowest BCUT2D eigenvalue weighted by Crippen LogP contribution is -2.64. The highest BCUT2D eigenvalue weighted by Crippen LogP contribution is 2.34. The Morgan fingerprint density at radius 3 is 2.63 bits per heavy atom. The topological polar surface area (TPSA) is 59.5 Å². The molecule has 0 saturated carbocycles. The van der Waals surface area contributed by atoms with Crippen LogP contribution in [0, 0.1) is 5.82 Å². The predicted molar refractivity (Wildman–Crippen MR) is 111 cm³/mol. The molecule has 2 saturated heterocycles. The number of nitrogens with zero attached hydrogens (tertiary/aromatic N) is 5. The maximum atomic E-state index is 13.3. The minimum absolute atomic E-state index is 0.149. The second-order valence-corrected chi connectivity index (χ2v) is 7.99. The molecule has 0 bridgehead atoms. The van der Waals surface area contributed by atoms with Gasteiger partial charge < -0.3 is 14.7 Å². The van der Waals surface area contributed by atoms with Gasteiger partial charge in [-0.2, -0.15) is 0 Å². The molecule has 0 aromatic heterocycles. The van der Waals surface area contributed by atoms with E-state index in [2.05, 4.69) is 0 Å². The van der Waals surface area contributed by atoms with E-state index >= 15 is 0 Å². The summed E-state index contributed by atoms with van der Waals surface area (Å²) in [5.74, 6) is 0.0472. The van der Waals surface area contributed by atoms with Gasteiger partial charge in [0.15, 0.2) is 12.2 Å². The number of carbonyl (C=O) groups excluding carboxylic acids is 2. The van der Waals surface area contributed by atoms with Crippen LogP contribution in [0.15, 0.2) is 53.5 Å². The third-order valence-corrected chi connectivity index (χ3v) is 5.98. The molecule has 3 heterocycles. The second-order valence-electron chi connectivity index (χ2n) is 7.56. The lowest BCUT2D eigenvalue weighted by atomic mass is 10.1. The molecule has 2 fully saturated rings. The number of halogens is 2. The van der Waals surface area contributed by atoms with Crippen LogP contribution in [-0.2, 0) is 11.3 Å². The fourth-order valence-electron chi connectivity index (χ4n) is 4.27. The molecule has 0 N–H and O–H groups in total. The zero-order valence-electron chi connectivity index (χ0n) is 16.2. The lowest BCUT2D eigenvalue weighted by Gasteiger charge is -2.40. The molecule has 2 unspecified atom stereocenters. The van der Waals surface area contributed by atoms with E-state index in [0.717, 1.165) is 11.3 Å². The molecule has 0 spiro atoms. The van der Waals surface area contributed by atoms with Crippen LogP contribution in [-0.4, -0.2) is 64.9 Å². The van der Waals surface area contributed by atoms with Gasteiger partial charge in [-0.05, 0) is 42.0 Å². The number of imide groups is 1. The number of guanidine groups is 1. The monoisotopic (exact) mass is 427 g/mol. The summed E-state index contributed by atoms with van der Waals surface area (Å²) in [6.45, 7) is 1.37. The van der Waals surface area contributed by atoms with Crippen molar-refractivity contribution in [1.29, 1.82) is 0 Å². The summed E-state index contributed by atoms with van der Waals surface area (Å²) < 4.78 is 13.3. The largest absolute Gasteiger partial charge is 0.328 e. The molecule has 2 aromatic carbocycles. The van der Waals surface area contributed by atoms with Crippen LogP contribution in [0.3, 0.4) is 0 Å². The standard InChI is InChI=1S/C21H19ClFN5O2/c1-25-18-17(19(29)28(21(25)30)12-13-3-2-4-14(22)11-13)27-10-9-26(20(27)24-18)16-7-5-15(23)6-8-16/h2-8,11,17-18H,9-10,12H2,1H3. The van der Waals surface area contributed by atoms with E-state index in [0.29, 0.717) is 24.1 Å². The van der Waals surface area contributed by atoms with Gasteiger partial charge in [0.05, 0.1) is 6.54 Å². The Morgan fingerprint density at radius 2 is 1.90 bits per heavy atom. The van der Waals surface area contributed by atoms with Crippen molar-refractivity contribution in [1.82, 2.24) is 14.7 Å². The Hall–Kier alpha value is -3.13. The average molecular weight is 428 g/mol. The van der Waals surface area contributed by atoms with Gasteiger partial charge in [-0.15, -0.1) is 0 Å². The van der Waals surface area contributed by atoms with Crippen molar-refractivity contribution in [3.05, 3.63) is 64.9 Å². The summed E-state index contributed by atoms with van der Waals surface area (Å²) in [6, 6.07) is 12.3. The van der Waals surface area contributed by atoms with Crippen LogP contribution in [0.25, 0.3) is 0 Å². The van der Waals surface area contributed by atoms with E-state index in [1.807, 2.05) is 15.9 Å². The highest BCUT2D eigenvalue weighted by molar-refractivity contribution is 6.30. The van der Waals surface area contributed by atoms with Crippen molar-refractivity contribution in [2.45, 2.75) is 18.8 Å². The smallest absolute Gasteiger partial charge is 0.325 e. The predicted octanol–water partition coefficient (Wildman–Crippen LogP) is 2.76. The van der Waals surface area contributed by atoms with Gasteiger partial charge >= 0.3 is 6.03 Å². The molecule has 0 radical (unpaired) electrons. The number of carbonyl (C=O) groups is 2. The molecule has 154 valence electrons. The van der Waals surface area contributed by atoms with Crippen molar-refractivity contribution in [3.8, 4) is 0 Å². The molecule has 9 heteroatoms. The van der Waals surface area contributed by atoms with E-state index in [1.54, 1.807) is 37.4 Å². The highest BCUT2D eigenvalue weighted by atomic mass is 35.5. The van der Waals surface area contributed by atoms with Gasteiger partial charge in [0.1, 0.15) is 5.82 Å². The fraction of sp³-hybridized carbons (Fsp3) is 0.286. The van der Waals surface area contributed by atoms with Crippen molar-refractivity contribution in [2.75, 3.05) is 25.0 Å². The number of hydrogen-bond acceptors (Lipinski definition) is 5. The zero-order valence-corrected chi connectivity index (χ0v) is 17.0. The average Bonchev–Trinajstić information content (AvgIpc) is 3.30. The maximum absolute atomic E-state index is 13.3. The Bertz CT molecular complexity index is 1060. The summed E-state index contributed by atoms with van der Waals surface area (Å²) in [7, 11) is 1.66. The lowest BCUT2D eigenvalue weighted by molar-refractivity contribution is -0.137. The normalized spacial score (nSPS) is 23.1. The number of amides is 3. The Balaban J connectivity index is 1.43. The minimum atomic E-state index is -0.584. The number of fused-ring (bicyclic) bond motifs is 3. The number of hydrogen-bond donors (Lipinski definition) is 0. The maximum Gasteiger partial charge on any atom is 0.328 e. The number of likely N-dealkylation sites (N-methyl/N-ethyl adjacent to an activating group) is 1. The van der Waals surface area contributed by atoms with Gasteiger partial charge in [0.2, 0.25) is 5.96 Å². The van der Waals surface area contributed by atoms with Crippen LogP contribution in [0.4, 0.5) is 14.9 Å². The minimum Gasteiger partial charge on any atom is -0.325 e. The summed E-state index contributed by atoms with van der Waals surface area (Å²) >= 11 is 6.06. The molecule has 2 aromatic rings. The van der Waals surface area contributed by atoms with E-state index in [9.17, 15) is 14.0 Å². The summed E-state index contributed by atoms with van der Waals surface area (Å²) in [5.41, 5.74) is 1.58. The Kier molecular flexibility index (Phi) is 4.39. The number of anilines is 1. The highest BCUT2D eigenvalue weighted by Gasteiger charge is 2.54. The molecular formula is C21H19ClFN5O2. The second kappa shape index (κ2) is 6.98. The van der Waals surface area contributed by atoms with Crippen LogP contribution < -0.4 is 4.90 Å². The van der Waals surface area contributed by atoms with Gasteiger partial charge in [-0.3, -0.25) is 9.69 Å². The molecule has 7 nitrogen and oxygen atoms in total. The molecule has 3 aliphatic rings. The first-order valence-electron chi connectivity index (χ1n) is 9.64. The molecule has 3 aliphatic heterocycles. The van der Waals surface area contributed by atoms with Crippen molar-refractivity contribution < 1.29 is 14.0 Å². The van der Waals surface area contributed by atoms with Crippen molar-refractivity contribution >= 4 is 35.2 Å². The fourth-order valence-corrected chi connectivity index (χ4v) is 4.48. The molecule has 2 atom stereocenters. The summed E-state index contributed by atoms with van der Waals surface area (Å²) in [4.78, 5) is 37.6. The molecule has 3 amide bonds. The number of rotatable bonds is 3. The SMILES string of the molecule is CN1C(=O)N(Cc2cccc(Cl)c2)C(=O)C2C1N=C1N(c3ccc(F)cc3)CCN12. The number of benzene rings is 2. The number of aliphatic imine (C=N–C) groups is 1. The first-order valence-corrected chi connectivity index (χ1v) is 10.0. The van der Waals surface area contributed by atoms with Gasteiger partial charge in [0, 0.05) is 30.8 Å². The molecular weight excluding hydrogens is 409 g/mol. The third kappa shape index (κ3) is 2.90. The third-order valence-electron chi connectivity index (χ3n) is 5.75. The van der Waals surface area contributed by atoms with Crippen LogP contribution >= 0.6 is 11.6 Å². The van der Waals surface area contributed by atoms with Gasteiger partial charge in [0.25, 0.3) is 5.91 Å².